The second kappa shape index (κ2) is 4.89. The number of Topliss-reactive ketones (excluding diaryl/α,β-unsaturated/α-hetero) is 1. The van der Waals surface area contributed by atoms with Crippen molar-refractivity contribution in [1.82, 2.24) is 0 Å². The highest BCUT2D eigenvalue weighted by atomic mass is 19.1. The summed E-state index contributed by atoms with van der Waals surface area (Å²) < 4.78 is 19.0. The van der Waals surface area contributed by atoms with Gasteiger partial charge in [-0.25, -0.2) is 4.39 Å². The zero-order valence-electron chi connectivity index (χ0n) is 12.0. The Labute approximate surface area is 128 Å². The van der Waals surface area contributed by atoms with Crippen molar-refractivity contribution in [2.75, 3.05) is 6.61 Å². The predicted molar refractivity (Wildman–Crippen MR) is 82.2 cm³/mol. The molecule has 0 aromatic heterocycles. The van der Waals surface area contributed by atoms with E-state index in [1.807, 2.05) is 30.3 Å². The number of fused-ring (bicyclic) bond motifs is 1. The fraction of sp³-hybridized carbons (Fsp3) is 0.211. The lowest BCUT2D eigenvalue weighted by molar-refractivity contribution is 0.0351. The van der Waals surface area contributed by atoms with E-state index < -0.39 is 5.60 Å². The second-order valence-corrected chi connectivity index (χ2v) is 5.78. The van der Waals surface area contributed by atoms with Gasteiger partial charge in [0, 0.05) is 12.2 Å². The zero-order chi connectivity index (χ0) is 15.2. The number of halogens is 1. The molecule has 2 nitrogen and oxygen atoms in total. The van der Waals surface area contributed by atoms with Gasteiger partial charge in [0.25, 0.3) is 0 Å². The molecule has 2 aliphatic rings. The second-order valence-electron chi connectivity index (χ2n) is 5.78. The highest BCUT2D eigenvalue weighted by Crippen LogP contribution is 2.41. The van der Waals surface area contributed by atoms with E-state index in [1.165, 1.54) is 12.1 Å². The maximum atomic E-state index is 13.2. The van der Waals surface area contributed by atoms with Crippen molar-refractivity contribution in [3.8, 4) is 0 Å². The maximum Gasteiger partial charge on any atom is 0.199 e. The minimum absolute atomic E-state index is 0.0338. The molecular weight excluding hydrogens is 279 g/mol. The molecule has 0 amide bonds. The van der Waals surface area contributed by atoms with Crippen LogP contribution < -0.4 is 0 Å². The van der Waals surface area contributed by atoms with E-state index in [2.05, 4.69) is 0 Å². The third-order valence-corrected chi connectivity index (χ3v) is 4.43. The summed E-state index contributed by atoms with van der Waals surface area (Å²) in [5.41, 5.74) is 2.57. The van der Waals surface area contributed by atoms with Gasteiger partial charge in [-0.05, 0) is 47.8 Å². The fourth-order valence-electron chi connectivity index (χ4n) is 3.34. The molecule has 1 atom stereocenters. The molecule has 1 saturated heterocycles. The van der Waals surface area contributed by atoms with E-state index in [0.29, 0.717) is 18.6 Å². The Kier molecular flexibility index (Phi) is 2.98. The first kappa shape index (κ1) is 13.4. The minimum Gasteiger partial charge on any atom is -0.363 e. The number of ketones is 1. The Morgan fingerprint density at radius 2 is 1.73 bits per heavy atom. The zero-order valence-corrected chi connectivity index (χ0v) is 12.0. The van der Waals surface area contributed by atoms with Crippen LogP contribution >= 0.6 is 0 Å². The number of carbonyl (C=O) groups excluding carboxylic acids is 1. The van der Waals surface area contributed by atoms with Gasteiger partial charge in [-0.3, -0.25) is 4.79 Å². The largest absolute Gasteiger partial charge is 0.363 e. The molecular formula is C19H15FO2. The molecule has 1 spiro atoms. The van der Waals surface area contributed by atoms with Crippen molar-refractivity contribution in [3.63, 3.8) is 0 Å². The Morgan fingerprint density at radius 1 is 1.00 bits per heavy atom. The third kappa shape index (κ3) is 1.93. The van der Waals surface area contributed by atoms with E-state index in [0.717, 1.165) is 23.1 Å². The highest BCUT2D eigenvalue weighted by Gasteiger charge is 2.45. The highest BCUT2D eigenvalue weighted by molar-refractivity contribution is 6.12. The normalized spacial score (nSPS) is 23.5. The number of hydrogen-bond acceptors (Lipinski definition) is 2. The number of benzene rings is 2. The number of carbonyl (C=O) groups is 1. The summed E-state index contributed by atoms with van der Waals surface area (Å²) in [4.78, 5) is 12.8. The molecule has 0 N–H and O–H groups in total. The molecule has 0 bridgehead atoms. The van der Waals surface area contributed by atoms with Gasteiger partial charge in [0.15, 0.2) is 5.78 Å². The Morgan fingerprint density at radius 3 is 2.41 bits per heavy atom. The minimum atomic E-state index is -0.849. The van der Waals surface area contributed by atoms with Crippen LogP contribution in [0.15, 0.2) is 54.6 Å². The number of hydrogen-bond donors (Lipinski definition) is 0. The average molecular weight is 294 g/mol. The van der Waals surface area contributed by atoms with Crippen LogP contribution in [0, 0.1) is 5.82 Å². The summed E-state index contributed by atoms with van der Waals surface area (Å²) in [6.07, 6.45) is 3.50. The fourth-order valence-corrected chi connectivity index (χ4v) is 3.34. The van der Waals surface area contributed by atoms with E-state index in [-0.39, 0.29) is 11.6 Å². The average Bonchev–Trinajstić information content (AvgIpc) is 3.02. The predicted octanol–water partition coefficient (Wildman–Crippen LogP) is 4.00. The molecule has 4 rings (SSSR count). The quantitative estimate of drug-likeness (QED) is 0.794. The van der Waals surface area contributed by atoms with E-state index in [4.69, 9.17) is 4.74 Å². The summed E-state index contributed by atoms with van der Waals surface area (Å²) in [6, 6.07) is 13.9. The summed E-state index contributed by atoms with van der Waals surface area (Å²) in [6.45, 7) is 0.598. The van der Waals surface area contributed by atoms with Gasteiger partial charge >= 0.3 is 0 Å². The molecule has 0 radical (unpaired) electrons. The van der Waals surface area contributed by atoms with Gasteiger partial charge in [-0.2, -0.15) is 0 Å². The molecule has 1 unspecified atom stereocenters. The molecule has 0 saturated carbocycles. The lowest BCUT2D eigenvalue weighted by Gasteiger charge is -2.30. The number of rotatable bonds is 1. The summed E-state index contributed by atoms with van der Waals surface area (Å²) in [5, 5.41) is 0. The molecule has 1 aliphatic carbocycles. The smallest absolute Gasteiger partial charge is 0.199 e. The van der Waals surface area contributed by atoms with Gasteiger partial charge in [-0.1, -0.05) is 36.4 Å². The molecule has 3 heteroatoms. The van der Waals surface area contributed by atoms with E-state index in [1.54, 1.807) is 12.1 Å². The van der Waals surface area contributed by atoms with E-state index in [9.17, 15) is 9.18 Å². The van der Waals surface area contributed by atoms with Gasteiger partial charge in [0.2, 0.25) is 0 Å². The topological polar surface area (TPSA) is 26.3 Å². The van der Waals surface area contributed by atoms with Crippen molar-refractivity contribution < 1.29 is 13.9 Å². The Balaban J connectivity index is 1.94. The molecule has 2 aromatic rings. The summed E-state index contributed by atoms with van der Waals surface area (Å²) in [7, 11) is 0. The number of ether oxygens (including phenoxy) is 1. The maximum absolute atomic E-state index is 13.2. The van der Waals surface area contributed by atoms with Crippen molar-refractivity contribution in [2.24, 2.45) is 0 Å². The van der Waals surface area contributed by atoms with Gasteiger partial charge < -0.3 is 4.74 Å². The summed E-state index contributed by atoms with van der Waals surface area (Å²) >= 11 is 0. The third-order valence-electron chi connectivity index (χ3n) is 4.43. The van der Waals surface area contributed by atoms with Crippen LogP contribution in [0.2, 0.25) is 0 Å². The molecule has 110 valence electrons. The molecule has 1 fully saturated rings. The first-order chi connectivity index (χ1) is 10.7. The Hall–Kier alpha value is -2.26. The summed E-state index contributed by atoms with van der Waals surface area (Å²) in [5.74, 6) is -0.234. The van der Waals surface area contributed by atoms with E-state index >= 15 is 0 Å². The van der Waals surface area contributed by atoms with Gasteiger partial charge in [0.05, 0.1) is 0 Å². The molecule has 1 aliphatic heterocycles. The standard InChI is InChI=1S/C19H15FO2/c20-14-8-6-13(7-9-14)17-12-19(10-3-11-22-19)18(21)16-5-2-1-4-15(16)17/h1-2,4-9,12H,3,10-11H2. The lowest BCUT2D eigenvalue weighted by atomic mass is 9.77. The van der Waals surface area contributed by atoms with Crippen LogP contribution in [-0.2, 0) is 4.74 Å². The van der Waals surface area contributed by atoms with Crippen LogP contribution in [0.5, 0.6) is 0 Å². The van der Waals surface area contributed by atoms with Crippen molar-refractivity contribution in [3.05, 3.63) is 77.1 Å². The lowest BCUT2D eigenvalue weighted by Crippen LogP contribution is -2.39. The molecule has 22 heavy (non-hydrogen) atoms. The van der Waals surface area contributed by atoms with Crippen LogP contribution in [0.25, 0.3) is 5.57 Å². The van der Waals surface area contributed by atoms with Crippen LogP contribution in [0.1, 0.15) is 34.3 Å². The van der Waals surface area contributed by atoms with Crippen molar-refractivity contribution in [2.45, 2.75) is 18.4 Å². The van der Waals surface area contributed by atoms with Gasteiger partial charge in [-0.15, -0.1) is 0 Å². The van der Waals surface area contributed by atoms with Gasteiger partial charge in [0.1, 0.15) is 11.4 Å². The van der Waals surface area contributed by atoms with Crippen molar-refractivity contribution in [1.29, 1.82) is 0 Å². The molecule has 1 heterocycles. The first-order valence-corrected chi connectivity index (χ1v) is 7.47. The van der Waals surface area contributed by atoms with Crippen LogP contribution in [0.4, 0.5) is 4.39 Å². The Bertz CT molecular complexity index is 768. The van der Waals surface area contributed by atoms with Crippen LogP contribution in [0.3, 0.4) is 0 Å². The van der Waals surface area contributed by atoms with Crippen molar-refractivity contribution >= 4 is 11.4 Å². The first-order valence-electron chi connectivity index (χ1n) is 7.47. The SMILES string of the molecule is O=C1c2ccccc2C(c2ccc(F)cc2)=CC12CCCO2. The van der Waals surface area contributed by atoms with Crippen LogP contribution in [-0.4, -0.2) is 18.0 Å². The monoisotopic (exact) mass is 294 g/mol. The molecule has 2 aromatic carbocycles.